The van der Waals surface area contributed by atoms with Crippen LogP contribution in [0.25, 0.3) is 0 Å². The summed E-state index contributed by atoms with van der Waals surface area (Å²) in [6.07, 6.45) is 0. The fraction of sp³-hybridized carbons (Fsp3) is 0.500. The van der Waals surface area contributed by atoms with Crippen LogP contribution in [-0.4, -0.2) is 19.2 Å². The Morgan fingerprint density at radius 1 is 1.47 bits per heavy atom. The number of halogens is 1. The molecule has 1 atom stereocenters. The van der Waals surface area contributed by atoms with Crippen LogP contribution in [0, 0.1) is 6.92 Å². The molecule has 0 radical (unpaired) electrons. The molecule has 1 N–H and O–H groups in total. The molecule has 0 saturated heterocycles. The first-order valence-corrected chi connectivity index (χ1v) is 5.63. The number of nitrogens with one attached hydrogen (secondary N) is 1. The predicted octanol–water partition coefficient (Wildman–Crippen LogP) is 3.03. The topological polar surface area (TPSA) is 21.3 Å². The summed E-state index contributed by atoms with van der Waals surface area (Å²) in [7, 11) is 0. The number of ether oxygens (including phenoxy) is 1. The molecule has 1 aromatic rings. The van der Waals surface area contributed by atoms with Gasteiger partial charge >= 0.3 is 0 Å². The lowest BCUT2D eigenvalue weighted by Gasteiger charge is -2.14. The van der Waals surface area contributed by atoms with Crippen molar-refractivity contribution in [1.29, 1.82) is 0 Å². The van der Waals surface area contributed by atoms with Gasteiger partial charge in [0.2, 0.25) is 0 Å². The molecule has 0 aromatic heterocycles. The molecule has 1 unspecified atom stereocenters. The van der Waals surface area contributed by atoms with Crippen molar-refractivity contribution in [3.8, 4) is 5.75 Å². The van der Waals surface area contributed by atoms with E-state index in [0.29, 0.717) is 17.7 Å². The van der Waals surface area contributed by atoms with Crippen molar-refractivity contribution in [1.82, 2.24) is 5.32 Å². The van der Waals surface area contributed by atoms with Gasteiger partial charge in [-0.3, -0.25) is 0 Å². The molecule has 3 heteroatoms. The van der Waals surface area contributed by atoms with Crippen LogP contribution in [0.2, 0.25) is 5.02 Å². The molecule has 0 saturated carbocycles. The zero-order valence-electron chi connectivity index (χ0n) is 9.51. The summed E-state index contributed by atoms with van der Waals surface area (Å²) >= 11 is 6.04. The summed E-state index contributed by atoms with van der Waals surface area (Å²) in [5, 5.41) is 3.96. The van der Waals surface area contributed by atoms with E-state index in [-0.39, 0.29) is 0 Å². The fourth-order valence-electron chi connectivity index (χ4n) is 1.35. The molecule has 1 rings (SSSR count). The summed E-state index contributed by atoms with van der Waals surface area (Å²) in [6.45, 7) is 7.76. The van der Waals surface area contributed by atoms with Gasteiger partial charge in [0.25, 0.3) is 0 Å². The van der Waals surface area contributed by atoms with E-state index in [1.807, 2.05) is 25.1 Å². The molecule has 84 valence electrons. The smallest absolute Gasteiger partial charge is 0.137 e. The lowest BCUT2D eigenvalue weighted by molar-refractivity contribution is 0.275. The van der Waals surface area contributed by atoms with Crippen molar-refractivity contribution in [3.05, 3.63) is 28.8 Å². The first kappa shape index (κ1) is 12.3. The Hall–Kier alpha value is -0.730. The molecule has 0 heterocycles. The maximum Gasteiger partial charge on any atom is 0.137 e. The Bertz CT molecular complexity index is 314. The molecule has 0 fully saturated rings. The maximum absolute atomic E-state index is 6.04. The van der Waals surface area contributed by atoms with E-state index >= 15 is 0 Å². The summed E-state index contributed by atoms with van der Waals surface area (Å²) in [4.78, 5) is 0. The van der Waals surface area contributed by atoms with Crippen molar-refractivity contribution in [2.75, 3.05) is 13.2 Å². The van der Waals surface area contributed by atoms with E-state index in [2.05, 4.69) is 19.2 Å². The number of hydrogen-bond acceptors (Lipinski definition) is 2. The van der Waals surface area contributed by atoms with Crippen molar-refractivity contribution in [2.45, 2.75) is 26.8 Å². The average molecular weight is 228 g/mol. The Labute approximate surface area is 96.6 Å². The van der Waals surface area contributed by atoms with Gasteiger partial charge in [0.05, 0.1) is 5.02 Å². The van der Waals surface area contributed by atoms with Crippen molar-refractivity contribution < 1.29 is 4.74 Å². The molecular weight excluding hydrogens is 210 g/mol. The SMILES string of the molecule is CCNC(C)COc1ccc(C)cc1Cl. The van der Waals surface area contributed by atoms with E-state index in [1.54, 1.807) is 0 Å². The van der Waals surface area contributed by atoms with Gasteiger partial charge in [-0.15, -0.1) is 0 Å². The van der Waals surface area contributed by atoms with Gasteiger partial charge in [-0.2, -0.15) is 0 Å². The summed E-state index contributed by atoms with van der Waals surface area (Å²) in [5.74, 6) is 0.756. The Balaban J connectivity index is 2.50. The number of aryl methyl sites for hydroxylation is 1. The summed E-state index contributed by atoms with van der Waals surface area (Å²) in [6, 6.07) is 6.16. The van der Waals surface area contributed by atoms with Crippen molar-refractivity contribution >= 4 is 11.6 Å². The van der Waals surface area contributed by atoms with Crippen LogP contribution in [0.3, 0.4) is 0 Å². The average Bonchev–Trinajstić information content (AvgIpc) is 2.17. The maximum atomic E-state index is 6.04. The third-order valence-corrected chi connectivity index (χ3v) is 2.42. The number of benzene rings is 1. The van der Waals surface area contributed by atoms with Gasteiger partial charge in [-0.1, -0.05) is 24.6 Å². The number of rotatable bonds is 5. The van der Waals surface area contributed by atoms with Crippen LogP contribution in [0.4, 0.5) is 0 Å². The Morgan fingerprint density at radius 2 is 2.20 bits per heavy atom. The normalized spacial score (nSPS) is 12.5. The van der Waals surface area contributed by atoms with Crippen LogP contribution in [0.5, 0.6) is 5.75 Å². The molecule has 0 spiro atoms. The molecule has 1 aromatic carbocycles. The van der Waals surface area contributed by atoms with E-state index in [0.717, 1.165) is 17.9 Å². The van der Waals surface area contributed by atoms with E-state index in [9.17, 15) is 0 Å². The van der Waals surface area contributed by atoms with Gasteiger partial charge in [-0.05, 0) is 38.1 Å². The van der Waals surface area contributed by atoms with Crippen molar-refractivity contribution in [2.24, 2.45) is 0 Å². The zero-order chi connectivity index (χ0) is 11.3. The van der Waals surface area contributed by atoms with Gasteiger partial charge in [0.15, 0.2) is 0 Å². The van der Waals surface area contributed by atoms with Crippen molar-refractivity contribution in [3.63, 3.8) is 0 Å². The molecule has 0 bridgehead atoms. The standard InChI is InChI=1S/C12H18ClNO/c1-4-14-10(3)8-15-12-6-5-9(2)7-11(12)13/h5-7,10,14H,4,8H2,1-3H3. The van der Waals surface area contributed by atoms with E-state index in [4.69, 9.17) is 16.3 Å². The van der Waals surface area contributed by atoms with Gasteiger partial charge in [0.1, 0.15) is 12.4 Å². The molecule has 0 amide bonds. The zero-order valence-corrected chi connectivity index (χ0v) is 10.3. The lowest BCUT2D eigenvalue weighted by Crippen LogP contribution is -2.31. The van der Waals surface area contributed by atoms with Gasteiger partial charge in [0, 0.05) is 6.04 Å². The van der Waals surface area contributed by atoms with Crippen LogP contribution in [0.15, 0.2) is 18.2 Å². The first-order valence-electron chi connectivity index (χ1n) is 5.25. The highest BCUT2D eigenvalue weighted by Crippen LogP contribution is 2.25. The highest BCUT2D eigenvalue weighted by molar-refractivity contribution is 6.32. The highest BCUT2D eigenvalue weighted by Gasteiger charge is 2.04. The lowest BCUT2D eigenvalue weighted by atomic mass is 10.2. The summed E-state index contributed by atoms with van der Waals surface area (Å²) in [5.41, 5.74) is 1.15. The van der Waals surface area contributed by atoms with Crippen LogP contribution < -0.4 is 10.1 Å². The minimum atomic E-state index is 0.340. The monoisotopic (exact) mass is 227 g/mol. The van der Waals surface area contributed by atoms with E-state index in [1.165, 1.54) is 0 Å². The van der Waals surface area contributed by atoms with Crippen LogP contribution in [-0.2, 0) is 0 Å². The molecular formula is C12H18ClNO. The minimum absolute atomic E-state index is 0.340. The molecule has 0 aliphatic heterocycles. The second-order valence-corrected chi connectivity index (χ2v) is 4.11. The van der Waals surface area contributed by atoms with E-state index < -0.39 is 0 Å². The van der Waals surface area contributed by atoms with Gasteiger partial charge in [-0.25, -0.2) is 0 Å². The second-order valence-electron chi connectivity index (χ2n) is 3.70. The third kappa shape index (κ3) is 4.10. The quantitative estimate of drug-likeness (QED) is 0.835. The minimum Gasteiger partial charge on any atom is -0.490 e. The Morgan fingerprint density at radius 3 is 2.80 bits per heavy atom. The Kier molecular flexibility index (Phi) is 4.92. The number of hydrogen-bond donors (Lipinski definition) is 1. The molecule has 15 heavy (non-hydrogen) atoms. The van der Waals surface area contributed by atoms with Crippen LogP contribution >= 0.6 is 11.6 Å². The molecule has 0 aliphatic carbocycles. The molecule has 0 aliphatic rings. The fourth-order valence-corrected chi connectivity index (χ4v) is 1.63. The third-order valence-electron chi connectivity index (χ3n) is 2.13. The largest absolute Gasteiger partial charge is 0.490 e. The highest BCUT2D eigenvalue weighted by atomic mass is 35.5. The second kappa shape index (κ2) is 5.99. The first-order chi connectivity index (χ1) is 7.13. The molecule has 2 nitrogen and oxygen atoms in total. The number of likely N-dealkylation sites (N-methyl/N-ethyl adjacent to an activating group) is 1. The van der Waals surface area contributed by atoms with Crippen LogP contribution in [0.1, 0.15) is 19.4 Å². The summed E-state index contributed by atoms with van der Waals surface area (Å²) < 4.78 is 5.61. The van der Waals surface area contributed by atoms with Gasteiger partial charge < -0.3 is 10.1 Å². The predicted molar refractivity (Wildman–Crippen MR) is 64.8 cm³/mol.